The molecule has 0 fully saturated rings. The topological polar surface area (TPSA) is 35.6 Å². The van der Waals surface area contributed by atoms with Gasteiger partial charge in [0, 0.05) is 56.4 Å². The van der Waals surface area contributed by atoms with Crippen LogP contribution in [0.4, 0.5) is 0 Å². The highest BCUT2D eigenvalue weighted by atomic mass is 15.0. The molecule has 0 aliphatic rings. The maximum atomic E-state index is 4.55. The van der Waals surface area contributed by atoms with Crippen LogP contribution in [0.3, 0.4) is 0 Å². The lowest BCUT2D eigenvalue weighted by molar-refractivity contribution is 1.19. The second-order valence-electron chi connectivity index (χ2n) is 27.9. The molecule has 0 radical (unpaired) electrons. The van der Waals surface area contributed by atoms with E-state index >= 15 is 0 Å². The molecule has 0 saturated heterocycles. The van der Waals surface area contributed by atoms with Crippen molar-refractivity contribution in [3.05, 3.63) is 389 Å². The van der Waals surface area contributed by atoms with Gasteiger partial charge in [-0.25, -0.2) is 0 Å². The Balaban J connectivity index is 0.000000141. The summed E-state index contributed by atoms with van der Waals surface area (Å²) in [6, 6.07) is 137. The van der Waals surface area contributed by atoms with Gasteiger partial charge in [-0.2, -0.15) is 0 Å². The van der Waals surface area contributed by atoms with Gasteiger partial charge in [-0.1, -0.05) is 267 Å². The molecule has 0 aliphatic carbocycles. The van der Waals surface area contributed by atoms with Crippen molar-refractivity contribution in [1.82, 2.24) is 19.1 Å². The molecule has 0 aliphatic heterocycles. The Bertz CT molecular complexity index is 6670. The van der Waals surface area contributed by atoms with E-state index in [0.717, 1.165) is 22.5 Å². The smallest absolute Gasteiger partial charge is 0.0702 e. The van der Waals surface area contributed by atoms with Crippen LogP contribution in [0.5, 0.6) is 0 Å². The lowest BCUT2D eigenvalue weighted by Crippen LogP contribution is -1.94. The van der Waals surface area contributed by atoms with Gasteiger partial charge in [-0.05, 0) is 240 Å². The first-order valence-electron chi connectivity index (χ1n) is 36.4. The van der Waals surface area contributed by atoms with Crippen molar-refractivity contribution in [2.24, 2.45) is 0 Å². The number of pyridine rings is 2. The highest BCUT2D eigenvalue weighted by molar-refractivity contribution is 6.24. The van der Waals surface area contributed by atoms with Crippen LogP contribution in [0.25, 0.3) is 208 Å². The van der Waals surface area contributed by atoms with Gasteiger partial charge in [0.05, 0.1) is 33.5 Å². The lowest BCUT2D eigenvalue weighted by atomic mass is 9.85. The van der Waals surface area contributed by atoms with Crippen molar-refractivity contribution in [3.63, 3.8) is 0 Å². The Labute approximate surface area is 611 Å². The van der Waals surface area contributed by atoms with E-state index in [1.165, 1.54) is 186 Å². The first-order chi connectivity index (χ1) is 52.6. The number of para-hydroxylation sites is 4. The molecule has 4 nitrogen and oxygen atoms in total. The predicted octanol–water partition coefficient (Wildman–Crippen LogP) is 27.6. The molecule has 18 aromatic carbocycles. The highest BCUT2D eigenvalue weighted by Gasteiger charge is 2.22. The largest absolute Gasteiger partial charge is 0.309 e. The zero-order chi connectivity index (χ0) is 69.8. The number of nitrogens with zero attached hydrogens (tertiary/aromatic N) is 4. The molecular formula is C102H64N4. The Morgan fingerprint density at radius 1 is 0.160 bits per heavy atom. The summed E-state index contributed by atoms with van der Waals surface area (Å²) >= 11 is 0. The van der Waals surface area contributed by atoms with E-state index in [1.807, 2.05) is 36.7 Å². The van der Waals surface area contributed by atoms with Gasteiger partial charge in [0.25, 0.3) is 0 Å². The van der Waals surface area contributed by atoms with Crippen LogP contribution in [-0.2, 0) is 0 Å². The molecule has 106 heavy (non-hydrogen) atoms. The Hall–Kier alpha value is -14.1. The van der Waals surface area contributed by atoms with Crippen molar-refractivity contribution in [2.75, 3.05) is 0 Å². The quantitative estimate of drug-likeness (QED) is 0.142. The minimum atomic E-state index is 0.989. The zero-order valence-electron chi connectivity index (χ0n) is 57.7. The van der Waals surface area contributed by atoms with E-state index in [2.05, 4.69) is 371 Å². The van der Waals surface area contributed by atoms with Crippen LogP contribution in [0.2, 0.25) is 0 Å². The summed E-state index contributed by atoms with van der Waals surface area (Å²) in [5.74, 6) is 0. The fourth-order valence-electron chi connectivity index (χ4n) is 17.1. The third-order valence-electron chi connectivity index (χ3n) is 21.9. The maximum Gasteiger partial charge on any atom is 0.0702 e. The van der Waals surface area contributed by atoms with E-state index in [-0.39, 0.29) is 0 Å². The van der Waals surface area contributed by atoms with Crippen LogP contribution in [-0.4, -0.2) is 19.1 Å². The third kappa shape index (κ3) is 10.1. The summed E-state index contributed by atoms with van der Waals surface area (Å²) in [5.41, 5.74) is 21.5. The maximum absolute atomic E-state index is 4.55. The van der Waals surface area contributed by atoms with Gasteiger partial charge >= 0.3 is 0 Å². The molecule has 4 heteroatoms. The molecule has 0 N–H and O–H groups in total. The SMILES string of the molecule is c1ccc(-c2ccc3cc(-c4c5ccccc5c(-c5ccc6cc(-c7ccccn7)ccc6c5)c5ccccc45)ccc3c2)nc1.c1ccc2c(-c3ccc4cc(-n5c6ccccc6c6ccccc65)ccc4c3)c3ccccc3c(-c3ccc4cc(-n5c6ccccc6c6ccccc65)ccc4c3)c2c1. The second-order valence-corrected chi connectivity index (χ2v) is 27.9. The fourth-order valence-corrected chi connectivity index (χ4v) is 17.1. The number of fused-ring (bicyclic) bond motifs is 14. The third-order valence-corrected chi connectivity index (χ3v) is 21.9. The molecule has 0 unspecified atom stereocenters. The minimum Gasteiger partial charge on any atom is -0.309 e. The lowest BCUT2D eigenvalue weighted by Gasteiger charge is -2.18. The Kier molecular flexibility index (Phi) is 14.2. The van der Waals surface area contributed by atoms with E-state index < -0.39 is 0 Å². The standard InChI is InChI=1S/C58H36N2.C44H28N2/c1-2-18-50-49(17-1)57(41-27-25-39-35-43(31-29-37(39)33-41)59-53-21-9-5-13-45(53)46-14-6-10-22-54(46)59)51-19-3-4-20-52(51)58(50)42-28-26-40-36-44(32-30-38(40)34-42)60-55-23-11-7-15-47(55)48-16-8-12-24-56(48)60;1-2-10-38-37(9-1)43(35-21-17-29-25-33(19-15-31(29)27-35)41-13-5-7-23-45-41)39-11-3-4-12-40(39)44(38)36-22-18-30-26-34(20-16-32(30)28-36)42-14-6-8-24-46-42/h1-36H;1-28H. The number of rotatable bonds is 8. The van der Waals surface area contributed by atoms with E-state index in [9.17, 15) is 0 Å². The van der Waals surface area contributed by atoms with Crippen molar-refractivity contribution in [3.8, 4) is 78.4 Å². The molecule has 22 aromatic rings. The zero-order valence-corrected chi connectivity index (χ0v) is 57.7. The average Bonchev–Trinajstić information content (AvgIpc) is 0.978. The van der Waals surface area contributed by atoms with E-state index in [1.54, 1.807) is 0 Å². The van der Waals surface area contributed by atoms with Crippen molar-refractivity contribution < 1.29 is 0 Å². The van der Waals surface area contributed by atoms with Crippen LogP contribution >= 0.6 is 0 Å². The van der Waals surface area contributed by atoms with Crippen molar-refractivity contribution in [2.45, 2.75) is 0 Å². The predicted molar refractivity (Wildman–Crippen MR) is 450 cm³/mol. The summed E-state index contributed by atoms with van der Waals surface area (Å²) in [6.07, 6.45) is 3.69. The van der Waals surface area contributed by atoms with Gasteiger partial charge < -0.3 is 9.13 Å². The molecule has 0 spiro atoms. The average molecular weight is 1350 g/mol. The van der Waals surface area contributed by atoms with Gasteiger partial charge in [0.2, 0.25) is 0 Å². The van der Waals surface area contributed by atoms with Gasteiger partial charge in [-0.3, -0.25) is 9.97 Å². The molecule has 492 valence electrons. The van der Waals surface area contributed by atoms with E-state index in [0.29, 0.717) is 0 Å². The molecule has 0 atom stereocenters. The molecule has 0 bridgehead atoms. The Morgan fingerprint density at radius 2 is 0.368 bits per heavy atom. The highest BCUT2D eigenvalue weighted by Crippen LogP contribution is 2.48. The summed E-state index contributed by atoms with van der Waals surface area (Å²) in [7, 11) is 0. The summed E-state index contributed by atoms with van der Waals surface area (Å²) in [4.78, 5) is 9.11. The van der Waals surface area contributed by atoms with Gasteiger partial charge in [0.1, 0.15) is 0 Å². The molecule has 4 aromatic heterocycles. The first-order valence-corrected chi connectivity index (χ1v) is 36.4. The van der Waals surface area contributed by atoms with Crippen LogP contribution < -0.4 is 0 Å². The number of hydrogen-bond donors (Lipinski definition) is 0. The first kappa shape index (κ1) is 60.7. The molecular weight excluding hydrogens is 1280 g/mol. The number of hydrogen-bond acceptors (Lipinski definition) is 2. The molecule has 0 saturated carbocycles. The fraction of sp³-hybridized carbons (Fsp3) is 0. The number of aromatic nitrogens is 4. The molecule has 0 amide bonds. The van der Waals surface area contributed by atoms with Gasteiger partial charge in [0.15, 0.2) is 0 Å². The molecule has 22 rings (SSSR count). The summed E-state index contributed by atoms with van der Waals surface area (Å²) < 4.78 is 4.80. The van der Waals surface area contributed by atoms with Crippen molar-refractivity contribution >= 4 is 130 Å². The Morgan fingerprint density at radius 3 is 0.623 bits per heavy atom. The van der Waals surface area contributed by atoms with Crippen LogP contribution in [0, 0.1) is 0 Å². The number of benzene rings is 18. The normalized spacial score (nSPS) is 11.8. The summed E-state index contributed by atoms with van der Waals surface area (Å²) in [5, 5.41) is 24.9. The summed E-state index contributed by atoms with van der Waals surface area (Å²) in [6.45, 7) is 0. The monoisotopic (exact) mass is 1340 g/mol. The molecule has 4 heterocycles. The van der Waals surface area contributed by atoms with Crippen LogP contribution in [0.1, 0.15) is 0 Å². The van der Waals surface area contributed by atoms with Crippen molar-refractivity contribution in [1.29, 1.82) is 0 Å². The van der Waals surface area contributed by atoms with E-state index in [4.69, 9.17) is 0 Å². The second kappa shape index (κ2) is 24.9. The minimum absolute atomic E-state index is 0.989. The van der Waals surface area contributed by atoms with Crippen LogP contribution in [0.15, 0.2) is 389 Å². The van der Waals surface area contributed by atoms with Gasteiger partial charge in [-0.15, -0.1) is 0 Å².